The van der Waals surface area contributed by atoms with E-state index in [2.05, 4.69) is 30.5 Å². The molecule has 1 aliphatic heterocycles. The normalized spacial score (nSPS) is 12.8. The predicted octanol–water partition coefficient (Wildman–Crippen LogP) is 5.09. The molecule has 0 aliphatic carbocycles. The van der Waals surface area contributed by atoms with Gasteiger partial charge in [-0.15, -0.1) is 0 Å². The van der Waals surface area contributed by atoms with Crippen LogP contribution in [0.1, 0.15) is 36.1 Å². The summed E-state index contributed by atoms with van der Waals surface area (Å²) in [6, 6.07) is 22.2. The molecule has 3 aromatic carbocycles. The number of hydrogen-bond donors (Lipinski definition) is 1. The smallest absolute Gasteiger partial charge is 0.154 e. The molecule has 0 unspecified atom stereocenters. The summed E-state index contributed by atoms with van der Waals surface area (Å²) >= 11 is 0. The Bertz CT molecular complexity index is 1080. The summed E-state index contributed by atoms with van der Waals surface area (Å²) in [7, 11) is 1.66. The van der Waals surface area contributed by atoms with Crippen LogP contribution in [-0.2, 0) is 6.42 Å². The van der Waals surface area contributed by atoms with Gasteiger partial charge in [0.15, 0.2) is 5.84 Å². The molecule has 152 valence electrons. The van der Waals surface area contributed by atoms with Crippen LogP contribution in [-0.4, -0.2) is 25.3 Å². The molecule has 0 aromatic heterocycles. The van der Waals surface area contributed by atoms with Crippen molar-refractivity contribution in [1.29, 1.82) is 0 Å². The molecule has 0 atom stereocenters. The molecule has 1 aliphatic rings. The quantitative estimate of drug-likeness (QED) is 0.628. The minimum Gasteiger partial charge on any atom is -0.497 e. The monoisotopic (exact) mass is 399 g/mol. The lowest BCUT2D eigenvalue weighted by Gasteiger charge is -2.10. The van der Waals surface area contributed by atoms with Gasteiger partial charge in [0.05, 0.1) is 25.1 Å². The summed E-state index contributed by atoms with van der Waals surface area (Å²) in [4.78, 5) is 4.89. The van der Waals surface area contributed by atoms with Crippen LogP contribution in [0.25, 0.3) is 0 Å². The summed E-state index contributed by atoms with van der Waals surface area (Å²) in [6.45, 7) is 4.77. The Morgan fingerprint density at radius 2 is 1.53 bits per heavy atom. The van der Waals surface area contributed by atoms with E-state index < -0.39 is 0 Å². The Kier molecular flexibility index (Phi) is 5.80. The topological polar surface area (TPSA) is 55.2 Å². The van der Waals surface area contributed by atoms with Crippen LogP contribution in [0.2, 0.25) is 0 Å². The number of amidine groups is 1. The lowest BCUT2D eigenvalue weighted by molar-refractivity contribution is 0.340. The van der Waals surface area contributed by atoms with Crippen LogP contribution in [0.4, 0.5) is 5.69 Å². The third-order valence-corrected chi connectivity index (χ3v) is 5.03. The van der Waals surface area contributed by atoms with Gasteiger partial charge in [-0.2, -0.15) is 5.10 Å². The molecule has 30 heavy (non-hydrogen) atoms. The van der Waals surface area contributed by atoms with Crippen molar-refractivity contribution >= 4 is 17.2 Å². The van der Waals surface area contributed by atoms with Gasteiger partial charge in [-0.1, -0.05) is 13.0 Å². The number of hydrogen-bond acceptors (Lipinski definition) is 5. The second kappa shape index (κ2) is 8.82. The van der Waals surface area contributed by atoms with Crippen LogP contribution in [0.3, 0.4) is 0 Å². The van der Waals surface area contributed by atoms with Gasteiger partial charge in [-0.25, -0.2) is 4.99 Å². The molecule has 0 amide bonds. The van der Waals surface area contributed by atoms with E-state index in [4.69, 9.17) is 19.6 Å². The number of nitrogens with one attached hydrogen (secondary N) is 1. The zero-order valence-electron chi connectivity index (χ0n) is 17.5. The molecule has 0 radical (unpaired) electrons. The first kappa shape index (κ1) is 19.7. The fourth-order valence-electron chi connectivity index (χ4n) is 3.38. The number of fused-ring (bicyclic) bond motifs is 1. The fraction of sp³-hybridized carbons (Fsp3) is 0.200. The molecule has 3 aromatic rings. The van der Waals surface area contributed by atoms with Crippen molar-refractivity contribution in [2.75, 3.05) is 13.7 Å². The highest BCUT2D eigenvalue weighted by Gasteiger charge is 2.18. The minimum absolute atomic E-state index is 0.642. The Morgan fingerprint density at radius 1 is 0.833 bits per heavy atom. The highest BCUT2D eigenvalue weighted by molar-refractivity contribution is 6.18. The van der Waals surface area contributed by atoms with Gasteiger partial charge in [0.25, 0.3) is 0 Å². The molecule has 5 nitrogen and oxygen atoms in total. The molecule has 0 fully saturated rings. The summed E-state index contributed by atoms with van der Waals surface area (Å²) < 4.78 is 10.9. The van der Waals surface area contributed by atoms with Gasteiger partial charge in [0, 0.05) is 16.7 Å². The lowest BCUT2D eigenvalue weighted by Crippen LogP contribution is -2.19. The Labute approximate surface area is 177 Å². The zero-order chi connectivity index (χ0) is 20.9. The maximum absolute atomic E-state index is 5.58. The van der Waals surface area contributed by atoms with Gasteiger partial charge < -0.3 is 9.47 Å². The fourth-order valence-corrected chi connectivity index (χ4v) is 3.38. The number of hydrazone groups is 1. The standard InChI is InChI=1S/C25H25N3O2/c1-4-17-6-15-23-22(16-17)24(18-7-13-21(14-8-18)30-5-2)27-28-25(26-23)19-9-11-20(29-3)12-10-19/h6-16H,4-5H2,1-3H3,(H,26,28). The zero-order valence-corrected chi connectivity index (χ0v) is 17.5. The average Bonchev–Trinajstić information content (AvgIpc) is 2.99. The van der Waals surface area contributed by atoms with E-state index in [0.717, 1.165) is 46.0 Å². The van der Waals surface area contributed by atoms with E-state index in [-0.39, 0.29) is 0 Å². The number of rotatable bonds is 6. The van der Waals surface area contributed by atoms with Crippen LogP contribution in [0, 0.1) is 0 Å². The van der Waals surface area contributed by atoms with Crippen molar-refractivity contribution in [3.05, 3.63) is 89.0 Å². The highest BCUT2D eigenvalue weighted by Crippen LogP contribution is 2.28. The SMILES string of the molecule is CCOc1ccc(C2=NNC(c3ccc(OC)cc3)=Nc3ccc(CC)cc32)cc1. The van der Waals surface area contributed by atoms with Crippen LogP contribution < -0.4 is 14.9 Å². The van der Waals surface area contributed by atoms with Crippen LogP contribution in [0.15, 0.2) is 76.8 Å². The van der Waals surface area contributed by atoms with E-state index in [1.54, 1.807) is 7.11 Å². The number of ether oxygens (including phenoxy) is 2. The second-order valence-corrected chi connectivity index (χ2v) is 6.92. The van der Waals surface area contributed by atoms with Crippen molar-refractivity contribution < 1.29 is 9.47 Å². The van der Waals surface area contributed by atoms with Gasteiger partial charge in [0.2, 0.25) is 0 Å². The molecule has 0 spiro atoms. The molecule has 0 saturated heterocycles. The highest BCUT2D eigenvalue weighted by atomic mass is 16.5. The van der Waals surface area contributed by atoms with Gasteiger partial charge in [-0.3, -0.25) is 5.43 Å². The van der Waals surface area contributed by atoms with Crippen LogP contribution >= 0.6 is 0 Å². The summed E-state index contributed by atoms with van der Waals surface area (Å²) in [5.74, 6) is 2.35. The largest absolute Gasteiger partial charge is 0.497 e. The van der Waals surface area contributed by atoms with Gasteiger partial charge in [0.1, 0.15) is 11.5 Å². The predicted molar refractivity (Wildman–Crippen MR) is 121 cm³/mol. The van der Waals surface area contributed by atoms with E-state index in [9.17, 15) is 0 Å². The first-order valence-electron chi connectivity index (χ1n) is 10.1. The second-order valence-electron chi connectivity index (χ2n) is 6.92. The van der Waals surface area contributed by atoms with Gasteiger partial charge in [-0.05, 0) is 79.6 Å². The maximum atomic E-state index is 5.58. The number of aliphatic imine (C=N–C) groups is 1. The lowest BCUT2D eigenvalue weighted by atomic mass is 9.98. The molecular weight excluding hydrogens is 374 g/mol. The Hall–Kier alpha value is -3.60. The van der Waals surface area contributed by atoms with E-state index in [0.29, 0.717) is 12.4 Å². The molecule has 0 bridgehead atoms. The van der Waals surface area contributed by atoms with E-state index in [1.807, 2.05) is 55.5 Å². The Morgan fingerprint density at radius 3 is 2.20 bits per heavy atom. The first-order chi connectivity index (χ1) is 14.7. The van der Waals surface area contributed by atoms with Crippen molar-refractivity contribution in [1.82, 2.24) is 5.43 Å². The maximum Gasteiger partial charge on any atom is 0.154 e. The summed E-state index contributed by atoms with van der Waals surface area (Å²) in [5.41, 5.74) is 9.12. The third kappa shape index (κ3) is 4.06. The van der Waals surface area contributed by atoms with Crippen molar-refractivity contribution in [2.24, 2.45) is 10.1 Å². The van der Waals surface area contributed by atoms with E-state index in [1.165, 1.54) is 5.56 Å². The molecule has 4 rings (SSSR count). The minimum atomic E-state index is 0.642. The van der Waals surface area contributed by atoms with Crippen molar-refractivity contribution in [3.63, 3.8) is 0 Å². The Balaban J connectivity index is 1.78. The summed E-state index contributed by atoms with van der Waals surface area (Å²) in [6.07, 6.45) is 0.951. The molecule has 1 N–H and O–H groups in total. The molecule has 5 heteroatoms. The number of nitrogens with zero attached hydrogens (tertiary/aromatic N) is 2. The molecular formula is C25H25N3O2. The number of benzene rings is 3. The summed E-state index contributed by atoms with van der Waals surface area (Å²) in [5, 5.41) is 4.75. The molecule has 1 heterocycles. The van der Waals surface area contributed by atoms with Gasteiger partial charge >= 0.3 is 0 Å². The van der Waals surface area contributed by atoms with Crippen LogP contribution in [0.5, 0.6) is 11.5 Å². The number of aryl methyl sites for hydroxylation is 1. The first-order valence-corrected chi connectivity index (χ1v) is 10.1. The van der Waals surface area contributed by atoms with Crippen molar-refractivity contribution in [3.8, 4) is 11.5 Å². The van der Waals surface area contributed by atoms with E-state index >= 15 is 0 Å². The third-order valence-electron chi connectivity index (χ3n) is 5.03. The molecule has 0 saturated carbocycles. The number of methoxy groups -OCH3 is 1. The van der Waals surface area contributed by atoms with Crippen molar-refractivity contribution in [2.45, 2.75) is 20.3 Å². The average molecular weight is 399 g/mol.